The largest absolute Gasteiger partial charge is 0.458 e. The molecular weight excluding hydrogens is 212 g/mol. The van der Waals surface area contributed by atoms with Gasteiger partial charge in [0, 0.05) is 14.0 Å². The van der Waals surface area contributed by atoms with Crippen molar-refractivity contribution >= 4 is 11.9 Å². The maximum atomic E-state index is 11.6. The molecule has 5 nitrogen and oxygen atoms in total. The van der Waals surface area contributed by atoms with E-state index in [-0.39, 0.29) is 0 Å². The fourth-order valence-electron chi connectivity index (χ4n) is 0.767. The Morgan fingerprint density at radius 3 is 2.06 bits per heavy atom. The van der Waals surface area contributed by atoms with E-state index in [0.29, 0.717) is 6.10 Å². The lowest BCUT2D eigenvalue weighted by molar-refractivity contribution is -0.169. The molecule has 16 heavy (non-hydrogen) atoms. The van der Waals surface area contributed by atoms with Gasteiger partial charge < -0.3 is 14.2 Å². The minimum absolute atomic E-state index is 0.324. The molecule has 0 spiro atoms. The van der Waals surface area contributed by atoms with Gasteiger partial charge in [-0.1, -0.05) is 0 Å². The van der Waals surface area contributed by atoms with Crippen LogP contribution in [0.2, 0.25) is 0 Å². The smallest absolute Gasteiger partial charge is 0.338 e. The van der Waals surface area contributed by atoms with Crippen molar-refractivity contribution in [3.8, 4) is 0 Å². The Morgan fingerprint density at radius 2 is 1.69 bits per heavy atom. The molecule has 0 aliphatic carbocycles. The van der Waals surface area contributed by atoms with Crippen LogP contribution in [0.25, 0.3) is 0 Å². The average molecular weight is 231 g/mol. The van der Waals surface area contributed by atoms with Gasteiger partial charge in [0.05, 0.1) is 0 Å². The highest BCUT2D eigenvalue weighted by Gasteiger charge is 2.32. The van der Waals surface area contributed by atoms with Crippen molar-refractivity contribution in [1.82, 2.24) is 0 Å². The zero-order valence-electron chi connectivity index (χ0n) is 10.6. The van der Waals surface area contributed by atoms with Crippen LogP contribution in [-0.2, 0) is 23.8 Å². The first-order chi connectivity index (χ1) is 7.20. The van der Waals surface area contributed by atoms with Gasteiger partial charge in [-0.05, 0) is 27.7 Å². The van der Waals surface area contributed by atoms with Gasteiger partial charge in [0.15, 0.2) is 11.7 Å². The number of carbonyl (C=O) groups excluding carboxylic acids is 2. The molecule has 0 rings (SSSR count). The third kappa shape index (κ3) is 4.61. The molecule has 0 amide bonds. The minimum Gasteiger partial charge on any atom is -0.458 e. The fourth-order valence-corrected chi connectivity index (χ4v) is 0.767. The predicted octanol–water partition coefficient (Wildman–Crippen LogP) is 1.46. The lowest BCUT2D eigenvalue weighted by atomic mass is 10.1. The third-order valence-corrected chi connectivity index (χ3v) is 2.17. The van der Waals surface area contributed by atoms with E-state index >= 15 is 0 Å². The first-order valence-electron chi connectivity index (χ1n) is 4.98. The number of carbonyl (C=O) groups is 2. The zero-order valence-corrected chi connectivity index (χ0v) is 10.6. The van der Waals surface area contributed by atoms with E-state index < -0.39 is 23.6 Å². The maximum Gasteiger partial charge on any atom is 0.338 e. The molecule has 0 aliphatic rings. The Bertz CT molecular complexity index is 259. The standard InChI is InChI=1S/C11H19O5/c1-7(15-9(3)12)8(2)16-10(13)11(4,5)14-6/h7H,1-6H3. The Morgan fingerprint density at radius 1 is 1.19 bits per heavy atom. The van der Waals surface area contributed by atoms with Crippen molar-refractivity contribution in [1.29, 1.82) is 0 Å². The number of ether oxygens (including phenoxy) is 3. The Labute approximate surface area is 96.1 Å². The molecule has 93 valence electrons. The second-order valence-corrected chi connectivity index (χ2v) is 3.97. The summed E-state index contributed by atoms with van der Waals surface area (Å²) in [5.41, 5.74) is -1.02. The molecular formula is C11H19O5. The van der Waals surface area contributed by atoms with Crippen LogP contribution in [-0.4, -0.2) is 30.8 Å². The number of hydrogen-bond acceptors (Lipinski definition) is 5. The van der Waals surface area contributed by atoms with Crippen molar-refractivity contribution in [2.75, 3.05) is 7.11 Å². The highest BCUT2D eigenvalue weighted by atomic mass is 16.6. The molecule has 0 aromatic carbocycles. The van der Waals surface area contributed by atoms with Gasteiger partial charge in [-0.25, -0.2) is 4.79 Å². The van der Waals surface area contributed by atoms with E-state index in [0.717, 1.165) is 0 Å². The van der Waals surface area contributed by atoms with Gasteiger partial charge in [0.2, 0.25) is 0 Å². The van der Waals surface area contributed by atoms with E-state index in [4.69, 9.17) is 14.2 Å². The van der Waals surface area contributed by atoms with Crippen LogP contribution in [0.3, 0.4) is 0 Å². The minimum atomic E-state index is -1.02. The normalized spacial score (nSPS) is 13.4. The molecule has 1 atom stereocenters. The third-order valence-electron chi connectivity index (χ3n) is 2.17. The first-order valence-corrected chi connectivity index (χ1v) is 4.98. The van der Waals surface area contributed by atoms with Crippen LogP contribution in [0.1, 0.15) is 34.6 Å². The van der Waals surface area contributed by atoms with Crippen molar-refractivity contribution in [2.24, 2.45) is 0 Å². The molecule has 0 aromatic rings. The quantitative estimate of drug-likeness (QED) is 0.670. The van der Waals surface area contributed by atoms with Crippen molar-refractivity contribution in [3.63, 3.8) is 0 Å². The van der Waals surface area contributed by atoms with Crippen LogP contribution in [0.5, 0.6) is 0 Å². The summed E-state index contributed by atoms with van der Waals surface area (Å²) in [7, 11) is 1.42. The molecule has 0 saturated heterocycles. The summed E-state index contributed by atoms with van der Waals surface area (Å²) >= 11 is 0. The summed E-state index contributed by atoms with van der Waals surface area (Å²) in [5.74, 6) is -0.944. The van der Waals surface area contributed by atoms with Gasteiger partial charge >= 0.3 is 11.9 Å². The molecule has 5 heteroatoms. The second kappa shape index (κ2) is 5.84. The van der Waals surface area contributed by atoms with Crippen LogP contribution in [0.4, 0.5) is 0 Å². The number of methoxy groups -OCH3 is 1. The van der Waals surface area contributed by atoms with Gasteiger partial charge in [-0.15, -0.1) is 0 Å². The van der Waals surface area contributed by atoms with E-state index in [2.05, 4.69) is 0 Å². The summed E-state index contributed by atoms with van der Waals surface area (Å²) in [6.07, 6.45) is -0.237. The Balaban J connectivity index is 4.29. The van der Waals surface area contributed by atoms with E-state index in [1.54, 1.807) is 27.7 Å². The number of hydrogen-bond donors (Lipinski definition) is 0. The van der Waals surface area contributed by atoms with Gasteiger partial charge in [-0.3, -0.25) is 4.79 Å². The van der Waals surface area contributed by atoms with Crippen molar-refractivity contribution in [3.05, 3.63) is 6.10 Å². The molecule has 1 radical (unpaired) electrons. The SMILES string of the molecule is COC(C)(C)C(=O)O[C](C)C(C)OC(C)=O. The summed E-state index contributed by atoms with van der Waals surface area (Å²) in [6.45, 7) is 7.70. The summed E-state index contributed by atoms with van der Waals surface area (Å²) in [5, 5.41) is 0. The molecule has 0 saturated carbocycles. The summed E-state index contributed by atoms with van der Waals surface area (Å²) in [4.78, 5) is 22.3. The van der Waals surface area contributed by atoms with Crippen molar-refractivity contribution < 1.29 is 23.8 Å². The first kappa shape index (κ1) is 14.9. The fraction of sp³-hybridized carbons (Fsp3) is 0.727. The van der Waals surface area contributed by atoms with Crippen LogP contribution in [0, 0.1) is 6.10 Å². The Hall–Kier alpha value is -1.10. The molecule has 0 aliphatic heterocycles. The van der Waals surface area contributed by atoms with Gasteiger partial charge in [0.25, 0.3) is 0 Å². The van der Waals surface area contributed by atoms with E-state index in [1.807, 2.05) is 0 Å². The van der Waals surface area contributed by atoms with E-state index in [9.17, 15) is 9.59 Å². The van der Waals surface area contributed by atoms with Gasteiger partial charge in [-0.2, -0.15) is 0 Å². The van der Waals surface area contributed by atoms with Crippen molar-refractivity contribution in [2.45, 2.75) is 46.3 Å². The van der Waals surface area contributed by atoms with Crippen LogP contribution < -0.4 is 0 Å². The molecule has 0 bridgehead atoms. The molecule has 0 aromatic heterocycles. The van der Waals surface area contributed by atoms with Gasteiger partial charge in [0.1, 0.15) is 6.10 Å². The van der Waals surface area contributed by atoms with Crippen LogP contribution in [0.15, 0.2) is 0 Å². The lowest BCUT2D eigenvalue weighted by Crippen LogP contribution is -2.38. The highest BCUT2D eigenvalue weighted by molar-refractivity contribution is 5.79. The molecule has 0 N–H and O–H groups in total. The lowest BCUT2D eigenvalue weighted by Gasteiger charge is -2.25. The number of esters is 2. The Kier molecular flexibility index (Phi) is 5.44. The summed E-state index contributed by atoms with van der Waals surface area (Å²) in [6, 6.07) is 0. The number of rotatable bonds is 5. The van der Waals surface area contributed by atoms with Crippen LogP contribution >= 0.6 is 0 Å². The predicted molar refractivity (Wildman–Crippen MR) is 57.3 cm³/mol. The zero-order chi connectivity index (χ0) is 12.9. The second-order valence-electron chi connectivity index (χ2n) is 3.97. The highest BCUT2D eigenvalue weighted by Crippen LogP contribution is 2.17. The average Bonchev–Trinajstić information content (AvgIpc) is 2.16. The molecule has 0 fully saturated rings. The monoisotopic (exact) mass is 231 g/mol. The van der Waals surface area contributed by atoms with E-state index in [1.165, 1.54) is 14.0 Å². The summed E-state index contributed by atoms with van der Waals surface area (Å²) < 4.78 is 14.9. The topological polar surface area (TPSA) is 61.8 Å². The molecule has 1 unspecified atom stereocenters. The maximum absolute atomic E-state index is 11.6. The molecule has 0 heterocycles.